The number of carbonyl (C=O) groups excluding carboxylic acids is 1. The maximum absolute atomic E-state index is 13.0. The van der Waals surface area contributed by atoms with Crippen LogP contribution in [0.3, 0.4) is 0 Å². The third-order valence-corrected chi connectivity index (χ3v) is 11.7. The highest BCUT2D eigenvalue weighted by Gasteiger charge is 2.47. The molecule has 386 valence electrons. The van der Waals surface area contributed by atoms with Crippen molar-refractivity contribution in [2.45, 2.75) is 223 Å². The fourth-order valence-electron chi connectivity index (χ4n) is 7.61. The minimum absolute atomic E-state index is 0.0453. The number of unbranched alkanes of at least 4 members (excludes halogenated alkanes) is 13. The van der Waals surface area contributed by atoms with Gasteiger partial charge in [0.15, 0.2) is 12.6 Å². The lowest BCUT2D eigenvalue weighted by Crippen LogP contribution is -2.61. The van der Waals surface area contributed by atoms with Crippen LogP contribution in [0.15, 0.2) is 72.9 Å². The third kappa shape index (κ3) is 28.0. The molecule has 0 aromatic rings. The van der Waals surface area contributed by atoms with E-state index in [4.69, 9.17) is 28.4 Å². The van der Waals surface area contributed by atoms with Crippen LogP contribution in [0, 0.1) is 0 Å². The monoisotopic (exact) mass is 951 g/mol. The van der Waals surface area contributed by atoms with Crippen LogP contribution in [0.1, 0.15) is 155 Å². The molecule has 11 atom stereocenters. The molecule has 0 amide bonds. The fraction of sp³-hybridized carbons (Fsp3) is 0.755. The molecule has 2 fully saturated rings. The van der Waals surface area contributed by atoms with Gasteiger partial charge in [-0.1, -0.05) is 145 Å². The van der Waals surface area contributed by atoms with Crippen LogP contribution in [0.2, 0.25) is 0 Å². The van der Waals surface area contributed by atoms with E-state index in [0.29, 0.717) is 13.0 Å². The lowest BCUT2D eigenvalue weighted by Gasteiger charge is -2.42. The van der Waals surface area contributed by atoms with Gasteiger partial charge in [-0.05, 0) is 77.0 Å². The normalized spacial score (nSPS) is 26.7. The average Bonchev–Trinajstić information content (AvgIpc) is 3.32. The number of hydrogen-bond acceptors (Lipinski definition) is 14. The van der Waals surface area contributed by atoms with E-state index in [1.807, 2.05) is 0 Å². The summed E-state index contributed by atoms with van der Waals surface area (Å²) in [6.07, 6.45) is 32.5. The van der Waals surface area contributed by atoms with Gasteiger partial charge in [-0.2, -0.15) is 0 Å². The van der Waals surface area contributed by atoms with Crippen LogP contribution in [-0.2, 0) is 33.2 Å². The summed E-state index contributed by atoms with van der Waals surface area (Å²) in [5, 5.41) is 72.1. The van der Waals surface area contributed by atoms with E-state index in [1.54, 1.807) is 0 Å². The molecule has 14 nitrogen and oxygen atoms in total. The molecule has 67 heavy (non-hydrogen) atoms. The van der Waals surface area contributed by atoms with Crippen molar-refractivity contribution in [2.75, 3.05) is 33.0 Å². The average molecular weight is 951 g/mol. The third-order valence-electron chi connectivity index (χ3n) is 11.7. The van der Waals surface area contributed by atoms with Crippen LogP contribution in [0.4, 0.5) is 0 Å². The molecular weight excluding hydrogens is 861 g/mol. The molecular formula is C53H90O14. The van der Waals surface area contributed by atoms with E-state index in [9.17, 15) is 40.5 Å². The zero-order chi connectivity index (χ0) is 48.7. The Morgan fingerprint density at radius 2 is 0.925 bits per heavy atom. The Morgan fingerprint density at radius 3 is 1.45 bits per heavy atom. The molecule has 0 aliphatic carbocycles. The van der Waals surface area contributed by atoms with Gasteiger partial charge >= 0.3 is 5.97 Å². The molecule has 14 heteroatoms. The van der Waals surface area contributed by atoms with Crippen molar-refractivity contribution in [3.63, 3.8) is 0 Å². The quantitative estimate of drug-likeness (QED) is 0.0181. The minimum atomic E-state index is -1.71. The maximum Gasteiger partial charge on any atom is 0.306 e. The Balaban J connectivity index is 1.78. The van der Waals surface area contributed by atoms with Gasteiger partial charge in [0, 0.05) is 13.0 Å². The predicted molar refractivity (Wildman–Crippen MR) is 261 cm³/mol. The summed E-state index contributed by atoms with van der Waals surface area (Å²) in [6, 6.07) is 0. The van der Waals surface area contributed by atoms with Crippen LogP contribution >= 0.6 is 0 Å². The van der Waals surface area contributed by atoms with Crippen molar-refractivity contribution in [3.05, 3.63) is 72.9 Å². The molecule has 0 saturated carbocycles. The summed E-state index contributed by atoms with van der Waals surface area (Å²) in [6.45, 7) is 3.40. The molecule has 11 unspecified atom stereocenters. The number of aliphatic hydroxyl groups excluding tert-OH is 7. The lowest BCUT2D eigenvalue weighted by molar-refractivity contribution is -0.332. The van der Waals surface area contributed by atoms with Gasteiger partial charge in [0.05, 0.1) is 26.4 Å². The van der Waals surface area contributed by atoms with Gasteiger partial charge in [-0.3, -0.25) is 4.79 Å². The summed E-state index contributed by atoms with van der Waals surface area (Å²) in [5.41, 5.74) is 0. The fourth-order valence-corrected chi connectivity index (χ4v) is 7.61. The summed E-state index contributed by atoms with van der Waals surface area (Å²) in [7, 11) is 0. The molecule has 0 spiro atoms. The molecule has 2 rings (SSSR count). The summed E-state index contributed by atoms with van der Waals surface area (Å²) >= 11 is 0. The van der Waals surface area contributed by atoms with Crippen molar-refractivity contribution in [2.24, 2.45) is 0 Å². The van der Waals surface area contributed by atoms with Gasteiger partial charge in [-0.15, -0.1) is 0 Å². The first kappa shape index (κ1) is 60.6. The Morgan fingerprint density at radius 1 is 0.493 bits per heavy atom. The first-order valence-corrected chi connectivity index (χ1v) is 25.5. The SMILES string of the molecule is CC/C=C\C/C=C\C/C=C\CCCCCCCCCCOCC(COC1OC(COC2OC(CO)C(O)C(O)C2O)C(O)C(O)C1O)OC(=O)CCCCCCC/C=C\C/C=C\C/C=C\CC. The molecule has 2 heterocycles. The van der Waals surface area contributed by atoms with Gasteiger partial charge in [0.2, 0.25) is 0 Å². The molecule has 7 N–H and O–H groups in total. The molecule has 2 aliphatic heterocycles. The Bertz CT molecular complexity index is 1380. The predicted octanol–water partition coefficient (Wildman–Crippen LogP) is 7.51. The van der Waals surface area contributed by atoms with Crippen LogP contribution < -0.4 is 0 Å². The van der Waals surface area contributed by atoms with Crippen molar-refractivity contribution in [1.29, 1.82) is 0 Å². The van der Waals surface area contributed by atoms with Crippen molar-refractivity contribution < 1.29 is 69.0 Å². The molecule has 2 saturated heterocycles. The smallest absolute Gasteiger partial charge is 0.306 e. The number of allylic oxidation sites excluding steroid dienone is 12. The second-order valence-electron chi connectivity index (χ2n) is 17.6. The first-order chi connectivity index (χ1) is 32.6. The van der Waals surface area contributed by atoms with E-state index in [1.165, 1.54) is 32.1 Å². The van der Waals surface area contributed by atoms with E-state index < -0.39 is 86.7 Å². The van der Waals surface area contributed by atoms with E-state index in [-0.39, 0.29) is 19.6 Å². The number of carbonyl (C=O) groups is 1. The molecule has 2 aliphatic rings. The van der Waals surface area contributed by atoms with Crippen LogP contribution in [-0.4, -0.2) is 142 Å². The summed E-state index contributed by atoms with van der Waals surface area (Å²) in [4.78, 5) is 13.0. The standard InChI is InChI=1S/C53H90O14/c1-3-5-7-9-11-13-15-17-19-20-21-23-25-27-29-31-33-35-37-62-39-42(65-45(55)36-34-32-30-28-26-24-22-18-16-14-12-10-8-6-4-2)40-63-52-51(61)49(59)47(57)44(67-52)41-64-53-50(60)48(58)46(56)43(38-54)66-53/h5-8,11-14,17-19,22,42-44,46-54,56-61H,3-4,9-10,15-16,20-21,23-41H2,1-2H3/b7-5-,8-6-,13-11-,14-12-,19-17-,22-18-. The minimum Gasteiger partial charge on any atom is -0.457 e. The Kier molecular flexibility index (Phi) is 36.3. The van der Waals surface area contributed by atoms with E-state index in [0.717, 1.165) is 96.3 Å². The van der Waals surface area contributed by atoms with Gasteiger partial charge in [0.25, 0.3) is 0 Å². The van der Waals surface area contributed by atoms with E-state index >= 15 is 0 Å². The highest BCUT2D eigenvalue weighted by Crippen LogP contribution is 2.26. The number of hydrogen-bond donors (Lipinski definition) is 7. The van der Waals surface area contributed by atoms with Gasteiger partial charge < -0.3 is 64.2 Å². The van der Waals surface area contributed by atoms with Crippen LogP contribution in [0.5, 0.6) is 0 Å². The molecule has 0 radical (unpaired) electrons. The lowest BCUT2D eigenvalue weighted by atomic mass is 9.98. The molecule has 0 bridgehead atoms. The topological polar surface area (TPSA) is 214 Å². The zero-order valence-corrected chi connectivity index (χ0v) is 40.9. The second-order valence-corrected chi connectivity index (χ2v) is 17.6. The summed E-state index contributed by atoms with van der Waals surface area (Å²) in [5.74, 6) is -0.399. The Hall–Kier alpha value is -2.57. The number of aliphatic hydroxyl groups is 7. The zero-order valence-electron chi connectivity index (χ0n) is 40.9. The molecule has 0 aromatic heterocycles. The van der Waals surface area contributed by atoms with Crippen molar-refractivity contribution in [3.8, 4) is 0 Å². The van der Waals surface area contributed by atoms with Crippen LogP contribution in [0.25, 0.3) is 0 Å². The highest BCUT2D eigenvalue weighted by atomic mass is 16.7. The van der Waals surface area contributed by atoms with Crippen molar-refractivity contribution in [1.82, 2.24) is 0 Å². The first-order valence-electron chi connectivity index (χ1n) is 25.5. The van der Waals surface area contributed by atoms with E-state index in [2.05, 4.69) is 86.8 Å². The molecule has 0 aromatic carbocycles. The number of ether oxygens (including phenoxy) is 6. The van der Waals surface area contributed by atoms with Crippen molar-refractivity contribution >= 4 is 5.97 Å². The van der Waals surface area contributed by atoms with Gasteiger partial charge in [-0.25, -0.2) is 0 Å². The Labute approximate surface area is 402 Å². The van der Waals surface area contributed by atoms with Gasteiger partial charge in [0.1, 0.15) is 54.9 Å². The number of rotatable bonds is 39. The summed E-state index contributed by atoms with van der Waals surface area (Å²) < 4.78 is 34.2. The second kappa shape index (κ2) is 40.2. The highest BCUT2D eigenvalue weighted by molar-refractivity contribution is 5.69. The number of esters is 1. The largest absolute Gasteiger partial charge is 0.457 e. The maximum atomic E-state index is 13.0.